The van der Waals surface area contributed by atoms with E-state index < -0.39 is 0 Å². The van der Waals surface area contributed by atoms with Crippen LogP contribution in [-0.4, -0.2) is 18.8 Å². The molecule has 0 spiro atoms. The van der Waals surface area contributed by atoms with E-state index in [9.17, 15) is 4.79 Å². The summed E-state index contributed by atoms with van der Waals surface area (Å²) < 4.78 is 5.26. The molecule has 1 aromatic rings. The molecular weight excluding hydrogens is 246 g/mol. The molecule has 0 unspecified atom stereocenters. The van der Waals surface area contributed by atoms with Crippen molar-refractivity contribution in [1.29, 1.82) is 0 Å². The molecule has 0 saturated heterocycles. The highest BCUT2D eigenvalue weighted by atomic mass is 32.1. The van der Waals surface area contributed by atoms with E-state index in [1.807, 2.05) is 18.2 Å². The lowest BCUT2D eigenvalue weighted by molar-refractivity contribution is -0.115. The van der Waals surface area contributed by atoms with Gasteiger partial charge in [0.1, 0.15) is 5.75 Å². The molecule has 0 radical (unpaired) electrons. The van der Waals surface area contributed by atoms with Gasteiger partial charge in [0.25, 0.3) is 0 Å². The smallest absolute Gasteiger partial charge is 0.225 e. The number of benzene rings is 1. The summed E-state index contributed by atoms with van der Waals surface area (Å²) in [4.78, 5) is 11.6. The Morgan fingerprint density at radius 3 is 2.56 bits per heavy atom. The molecule has 0 heterocycles. The monoisotopic (exact) mass is 267 g/mol. The zero-order chi connectivity index (χ0) is 13.8. The first-order chi connectivity index (χ1) is 8.38. The third-order valence-electron chi connectivity index (χ3n) is 2.68. The van der Waals surface area contributed by atoms with Crippen molar-refractivity contribution in [3.63, 3.8) is 0 Å². The first kappa shape index (κ1) is 14.9. The Morgan fingerprint density at radius 1 is 1.39 bits per heavy atom. The highest BCUT2D eigenvalue weighted by molar-refractivity contribution is 7.80. The Balaban J connectivity index is 3.03. The van der Waals surface area contributed by atoms with Crippen molar-refractivity contribution in [2.45, 2.75) is 32.6 Å². The van der Waals surface area contributed by atoms with Crippen molar-refractivity contribution < 1.29 is 9.53 Å². The van der Waals surface area contributed by atoms with Gasteiger partial charge in [0.05, 0.1) is 12.8 Å². The molecule has 0 aliphatic rings. The molecule has 4 heteroatoms. The summed E-state index contributed by atoms with van der Waals surface area (Å²) in [6.45, 7) is 6.40. The van der Waals surface area contributed by atoms with Gasteiger partial charge in [-0.2, -0.15) is 12.6 Å². The molecule has 18 heavy (non-hydrogen) atoms. The molecule has 100 valence electrons. The molecule has 1 aromatic carbocycles. The highest BCUT2D eigenvalue weighted by Crippen LogP contribution is 2.31. The largest absolute Gasteiger partial charge is 0.495 e. The van der Waals surface area contributed by atoms with Crippen LogP contribution < -0.4 is 10.1 Å². The minimum Gasteiger partial charge on any atom is -0.495 e. The molecule has 0 bridgehead atoms. The molecule has 1 amide bonds. The summed E-state index contributed by atoms with van der Waals surface area (Å²) in [7, 11) is 1.60. The molecule has 0 fully saturated rings. The fourth-order valence-electron chi connectivity index (χ4n) is 1.59. The van der Waals surface area contributed by atoms with Gasteiger partial charge in [-0.1, -0.05) is 26.8 Å². The van der Waals surface area contributed by atoms with Crippen molar-refractivity contribution in [3.8, 4) is 5.75 Å². The molecular formula is C14H21NO2S. The summed E-state index contributed by atoms with van der Waals surface area (Å²) in [5.41, 5.74) is 1.91. The number of carbonyl (C=O) groups is 1. The second-order valence-electron chi connectivity index (χ2n) is 5.19. The molecule has 0 saturated carbocycles. The van der Waals surface area contributed by atoms with Gasteiger partial charge in [0, 0.05) is 6.42 Å². The number of rotatable bonds is 4. The summed E-state index contributed by atoms with van der Waals surface area (Å²) in [5.74, 6) is 1.16. The van der Waals surface area contributed by atoms with Gasteiger partial charge in [-0.15, -0.1) is 0 Å². The zero-order valence-electron chi connectivity index (χ0n) is 11.4. The number of amides is 1. The van der Waals surface area contributed by atoms with Crippen LogP contribution in [0.15, 0.2) is 18.2 Å². The molecule has 1 rings (SSSR count). The first-order valence-corrected chi connectivity index (χ1v) is 6.61. The molecule has 1 N–H and O–H groups in total. The summed E-state index contributed by atoms with van der Waals surface area (Å²) >= 11 is 4.05. The lowest BCUT2D eigenvalue weighted by Crippen LogP contribution is -2.15. The molecule has 0 aromatic heterocycles. The van der Waals surface area contributed by atoms with Gasteiger partial charge >= 0.3 is 0 Å². The summed E-state index contributed by atoms with van der Waals surface area (Å²) in [5, 5.41) is 2.86. The third kappa shape index (κ3) is 3.95. The van der Waals surface area contributed by atoms with Gasteiger partial charge in [-0.25, -0.2) is 0 Å². The van der Waals surface area contributed by atoms with Crippen LogP contribution in [0.5, 0.6) is 5.75 Å². The maximum atomic E-state index is 11.6. The quantitative estimate of drug-likeness (QED) is 0.822. The Hall–Kier alpha value is -1.16. The number of anilines is 1. The van der Waals surface area contributed by atoms with Crippen LogP contribution in [0.3, 0.4) is 0 Å². The van der Waals surface area contributed by atoms with Gasteiger partial charge in [-0.3, -0.25) is 4.79 Å². The van der Waals surface area contributed by atoms with E-state index in [1.54, 1.807) is 7.11 Å². The van der Waals surface area contributed by atoms with E-state index in [0.29, 0.717) is 17.9 Å². The maximum Gasteiger partial charge on any atom is 0.225 e. The number of hydrogen-bond donors (Lipinski definition) is 2. The second-order valence-corrected chi connectivity index (χ2v) is 5.63. The van der Waals surface area contributed by atoms with Crippen molar-refractivity contribution in [2.24, 2.45) is 0 Å². The molecule has 0 aliphatic carbocycles. The third-order valence-corrected chi connectivity index (χ3v) is 2.90. The second kappa shape index (κ2) is 6.14. The SMILES string of the molecule is COc1ccc(C(C)(C)C)cc1NC(=O)CCS. The predicted octanol–water partition coefficient (Wildman–Crippen LogP) is 3.25. The van der Waals surface area contributed by atoms with E-state index >= 15 is 0 Å². The Kier molecular flexibility index (Phi) is 5.08. The van der Waals surface area contributed by atoms with Crippen LogP contribution in [0.4, 0.5) is 5.69 Å². The lowest BCUT2D eigenvalue weighted by atomic mass is 9.87. The summed E-state index contributed by atoms with van der Waals surface area (Å²) in [6.07, 6.45) is 0.395. The average Bonchev–Trinajstić information content (AvgIpc) is 2.28. The Morgan fingerprint density at radius 2 is 2.06 bits per heavy atom. The number of nitrogens with one attached hydrogen (secondary N) is 1. The van der Waals surface area contributed by atoms with Crippen molar-refractivity contribution >= 4 is 24.2 Å². The fourth-order valence-corrected chi connectivity index (χ4v) is 1.79. The molecule has 0 aliphatic heterocycles. The van der Waals surface area contributed by atoms with Crippen LogP contribution in [0.2, 0.25) is 0 Å². The number of methoxy groups -OCH3 is 1. The lowest BCUT2D eigenvalue weighted by Gasteiger charge is -2.21. The maximum absolute atomic E-state index is 11.6. The first-order valence-electron chi connectivity index (χ1n) is 5.97. The van der Waals surface area contributed by atoms with Crippen LogP contribution >= 0.6 is 12.6 Å². The van der Waals surface area contributed by atoms with Gasteiger partial charge in [0.15, 0.2) is 0 Å². The number of ether oxygens (including phenoxy) is 1. The van der Waals surface area contributed by atoms with Crippen LogP contribution in [-0.2, 0) is 10.2 Å². The standard InChI is InChI=1S/C14H21NO2S/c1-14(2,3)10-5-6-12(17-4)11(9-10)15-13(16)7-8-18/h5-6,9,18H,7-8H2,1-4H3,(H,15,16). The van der Waals surface area contributed by atoms with Crippen LogP contribution in [0.25, 0.3) is 0 Å². The Bertz CT molecular complexity index is 424. The van der Waals surface area contributed by atoms with Gasteiger partial charge < -0.3 is 10.1 Å². The van der Waals surface area contributed by atoms with Gasteiger partial charge in [-0.05, 0) is 28.9 Å². The van der Waals surface area contributed by atoms with Gasteiger partial charge in [0.2, 0.25) is 5.91 Å². The molecule has 3 nitrogen and oxygen atoms in total. The van der Waals surface area contributed by atoms with Crippen LogP contribution in [0, 0.1) is 0 Å². The van der Waals surface area contributed by atoms with Crippen molar-refractivity contribution in [2.75, 3.05) is 18.2 Å². The van der Waals surface area contributed by atoms with E-state index in [0.717, 1.165) is 11.3 Å². The fraction of sp³-hybridized carbons (Fsp3) is 0.500. The number of hydrogen-bond acceptors (Lipinski definition) is 3. The van der Waals surface area contributed by atoms with E-state index in [-0.39, 0.29) is 11.3 Å². The van der Waals surface area contributed by atoms with E-state index in [4.69, 9.17) is 4.74 Å². The summed E-state index contributed by atoms with van der Waals surface area (Å²) in [6, 6.07) is 5.87. The van der Waals surface area contributed by atoms with Crippen LogP contribution in [0.1, 0.15) is 32.8 Å². The minimum atomic E-state index is -0.0469. The van der Waals surface area contributed by atoms with E-state index in [1.165, 1.54) is 0 Å². The average molecular weight is 267 g/mol. The molecule has 0 atom stereocenters. The number of thiol groups is 1. The number of carbonyl (C=O) groups excluding carboxylic acids is 1. The normalized spacial score (nSPS) is 11.2. The predicted molar refractivity (Wildman–Crippen MR) is 78.8 cm³/mol. The zero-order valence-corrected chi connectivity index (χ0v) is 12.3. The Labute approximate surface area is 114 Å². The van der Waals surface area contributed by atoms with Crippen molar-refractivity contribution in [3.05, 3.63) is 23.8 Å². The topological polar surface area (TPSA) is 38.3 Å². The highest BCUT2D eigenvalue weighted by Gasteiger charge is 2.16. The van der Waals surface area contributed by atoms with E-state index in [2.05, 4.69) is 38.7 Å². The van der Waals surface area contributed by atoms with Crippen molar-refractivity contribution in [1.82, 2.24) is 0 Å². The minimum absolute atomic E-state index is 0.0370.